The Morgan fingerprint density at radius 1 is 1.24 bits per heavy atom. The monoisotopic (exact) mass is 345 g/mol. The summed E-state index contributed by atoms with van der Waals surface area (Å²) >= 11 is 0. The maximum Gasteiger partial charge on any atom is 0.176 e. The topological polar surface area (TPSA) is 54.6 Å². The Bertz CT molecular complexity index is 666. The van der Waals surface area contributed by atoms with Crippen LogP contribution in [0.15, 0.2) is 28.7 Å². The van der Waals surface area contributed by atoms with E-state index in [0.717, 1.165) is 48.3 Å². The van der Waals surface area contributed by atoms with E-state index in [1.54, 1.807) is 0 Å². The molecule has 1 saturated carbocycles. The van der Waals surface area contributed by atoms with Gasteiger partial charge in [0.1, 0.15) is 5.76 Å². The fourth-order valence-corrected chi connectivity index (χ4v) is 3.75. The zero-order valence-corrected chi connectivity index (χ0v) is 15.5. The molecule has 1 fully saturated rings. The Morgan fingerprint density at radius 3 is 2.84 bits per heavy atom. The van der Waals surface area contributed by atoms with Crippen LogP contribution in [-0.2, 0) is 0 Å². The SMILES string of the molecule is CCOc1cccc2cc(C(C)NCC3CCCCCCC3O)oc12. The van der Waals surface area contributed by atoms with Crippen molar-refractivity contribution in [3.05, 3.63) is 30.0 Å². The van der Waals surface area contributed by atoms with Gasteiger partial charge in [-0.15, -0.1) is 0 Å². The molecule has 0 aliphatic heterocycles. The lowest BCUT2D eigenvalue weighted by Crippen LogP contribution is -2.33. The Kier molecular flexibility index (Phi) is 6.38. The molecule has 1 aromatic carbocycles. The molecule has 1 aliphatic carbocycles. The number of furan rings is 1. The van der Waals surface area contributed by atoms with Gasteiger partial charge in [-0.3, -0.25) is 0 Å². The van der Waals surface area contributed by atoms with Crippen LogP contribution in [0.25, 0.3) is 11.0 Å². The molecule has 3 rings (SSSR count). The van der Waals surface area contributed by atoms with Gasteiger partial charge in [0, 0.05) is 11.9 Å². The number of hydrogen-bond donors (Lipinski definition) is 2. The maximum absolute atomic E-state index is 10.4. The summed E-state index contributed by atoms with van der Waals surface area (Å²) < 4.78 is 11.7. The number of aliphatic hydroxyl groups excluding tert-OH is 1. The van der Waals surface area contributed by atoms with Gasteiger partial charge < -0.3 is 19.6 Å². The minimum atomic E-state index is -0.180. The number of aliphatic hydroxyl groups is 1. The van der Waals surface area contributed by atoms with Crippen LogP contribution in [0.1, 0.15) is 64.2 Å². The van der Waals surface area contributed by atoms with E-state index in [-0.39, 0.29) is 12.1 Å². The van der Waals surface area contributed by atoms with Crippen molar-refractivity contribution >= 4 is 11.0 Å². The summed E-state index contributed by atoms with van der Waals surface area (Å²) in [5, 5.41) is 15.0. The summed E-state index contributed by atoms with van der Waals surface area (Å²) in [4.78, 5) is 0. The zero-order chi connectivity index (χ0) is 17.6. The van der Waals surface area contributed by atoms with Crippen LogP contribution in [0.2, 0.25) is 0 Å². The van der Waals surface area contributed by atoms with Crippen molar-refractivity contribution < 1.29 is 14.3 Å². The molecule has 0 spiro atoms. The van der Waals surface area contributed by atoms with Gasteiger partial charge in [0.2, 0.25) is 0 Å². The summed E-state index contributed by atoms with van der Waals surface area (Å²) in [6, 6.07) is 8.19. The van der Waals surface area contributed by atoms with E-state index in [9.17, 15) is 5.11 Å². The number of fused-ring (bicyclic) bond motifs is 1. The molecule has 2 N–H and O–H groups in total. The molecule has 0 amide bonds. The van der Waals surface area contributed by atoms with Gasteiger partial charge in [0.25, 0.3) is 0 Å². The number of ether oxygens (including phenoxy) is 1. The van der Waals surface area contributed by atoms with Crippen molar-refractivity contribution in [2.75, 3.05) is 13.2 Å². The van der Waals surface area contributed by atoms with Crippen LogP contribution < -0.4 is 10.1 Å². The predicted octanol–water partition coefficient (Wildman–Crippen LogP) is 4.81. The number of benzene rings is 1. The lowest BCUT2D eigenvalue weighted by atomic mass is 9.88. The second-order valence-electron chi connectivity index (χ2n) is 7.21. The standard InChI is InChI=1S/C21H31NO3/c1-3-24-19-12-8-10-16-13-20(25-21(16)19)15(2)22-14-17-9-6-4-5-7-11-18(17)23/h8,10,12-13,15,17-18,22-23H,3-7,9,11,14H2,1-2H3. The quantitative estimate of drug-likeness (QED) is 0.788. The van der Waals surface area contributed by atoms with Crippen LogP contribution in [0.4, 0.5) is 0 Å². The van der Waals surface area contributed by atoms with Gasteiger partial charge in [-0.05, 0) is 44.7 Å². The molecule has 25 heavy (non-hydrogen) atoms. The Labute approximate surface area is 150 Å². The highest BCUT2D eigenvalue weighted by Crippen LogP contribution is 2.31. The van der Waals surface area contributed by atoms with E-state index in [1.807, 2.05) is 19.1 Å². The van der Waals surface area contributed by atoms with E-state index in [0.29, 0.717) is 12.5 Å². The number of para-hydroxylation sites is 1. The van der Waals surface area contributed by atoms with E-state index >= 15 is 0 Å². The Hall–Kier alpha value is -1.52. The smallest absolute Gasteiger partial charge is 0.176 e. The van der Waals surface area contributed by atoms with Crippen LogP contribution in [0, 0.1) is 5.92 Å². The van der Waals surface area contributed by atoms with Crippen molar-refractivity contribution in [1.29, 1.82) is 0 Å². The average Bonchev–Trinajstić information content (AvgIpc) is 3.03. The molecule has 0 bridgehead atoms. The fraction of sp³-hybridized carbons (Fsp3) is 0.619. The number of nitrogens with one attached hydrogen (secondary N) is 1. The molecule has 0 radical (unpaired) electrons. The molecule has 3 unspecified atom stereocenters. The zero-order valence-electron chi connectivity index (χ0n) is 15.5. The van der Waals surface area contributed by atoms with Crippen molar-refractivity contribution in [2.24, 2.45) is 5.92 Å². The number of hydrogen-bond acceptors (Lipinski definition) is 4. The van der Waals surface area contributed by atoms with E-state index in [1.165, 1.54) is 19.3 Å². The van der Waals surface area contributed by atoms with Gasteiger partial charge in [0.05, 0.1) is 18.8 Å². The Morgan fingerprint density at radius 2 is 2.04 bits per heavy atom. The molecule has 1 aliphatic rings. The molecule has 4 nitrogen and oxygen atoms in total. The summed E-state index contributed by atoms with van der Waals surface area (Å²) in [5.41, 5.74) is 0.819. The molecule has 3 atom stereocenters. The third kappa shape index (κ3) is 4.56. The normalized spacial score (nSPS) is 23.2. The van der Waals surface area contributed by atoms with Gasteiger partial charge in [-0.2, -0.15) is 0 Å². The minimum Gasteiger partial charge on any atom is -0.490 e. The second-order valence-corrected chi connectivity index (χ2v) is 7.21. The lowest BCUT2D eigenvalue weighted by molar-refractivity contribution is 0.0814. The van der Waals surface area contributed by atoms with Gasteiger partial charge >= 0.3 is 0 Å². The van der Waals surface area contributed by atoms with Crippen LogP contribution in [-0.4, -0.2) is 24.4 Å². The van der Waals surface area contributed by atoms with Crippen molar-refractivity contribution in [1.82, 2.24) is 5.32 Å². The molecule has 1 aromatic heterocycles. The maximum atomic E-state index is 10.4. The largest absolute Gasteiger partial charge is 0.490 e. The van der Waals surface area contributed by atoms with E-state index in [4.69, 9.17) is 9.15 Å². The third-order valence-electron chi connectivity index (χ3n) is 5.31. The average molecular weight is 345 g/mol. The van der Waals surface area contributed by atoms with Crippen LogP contribution >= 0.6 is 0 Å². The van der Waals surface area contributed by atoms with Crippen LogP contribution in [0.3, 0.4) is 0 Å². The molecule has 4 heteroatoms. The lowest BCUT2D eigenvalue weighted by Gasteiger charge is -2.26. The molecule has 0 saturated heterocycles. The van der Waals surface area contributed by atoms with Gasteiger partial charge in [-0.25, -0.2) is 0 Å². The summed E-state index contributed by atoms with van der Waals surface area (Å²) in [6.45, 7) is 5.56. The minimum absolute atomic E-state index is 0.111. The summed E-state index contributed by atoms with van der Waals surface area (Å²) in [6.07, 6.45) is 6.78. The first-order chi connectivity index (χ1) is 12.2. The Balaban J connectivity index is 1.65. The predicted molar refractivity (Wildman–Crippen MR) is 101 cm³/mol. The van der Waals surface area contributed by atoms with Crippen molar-refractivity contribution in [2.45, 2.75) is 64.5 Å². The summed E-state index contributed by atoms with van der Waals surface area (Å²) in [5.74, 6) is 2.06. The number of rotatable bonds is 6. The van der Waals surface area contributed by atoms with Gasteiger partial charge in [-0.1, -0.05) is 37.8 Å². The highest BCUT2D eigenvalue weighted by molar-refractivity contribution is 5.83. The fourth-order valence-electron chi connectivity index (χ4n) is 3.75. The van der Waals surface area contributed by atoms with E-state index in [2.05, 4.69) is 24.4 Å². The highest BCUT2D eigenvalue weighted by Gasteiger charge is 2.22. The van der Waals surface area contributed by atoms with Crippen molar-refractivity contribution in [3.63, 3.8) is 0 Å². The van der Waals surface area contributed by atoms with E-state index < -0.39 is 0 Å². The van der Waals surface area contributed by atoms with Crippen LogP contribution in [0.5, 0.6) is 5.75 Å². The molecule has 1 heterocycles. The molecule has 138 valence electrons. The van der Waals surface area contributed by atoms with Gasteiger partial charge in [0.15, 0.2) is 11.3 Å². The second kappa shape index (κ2) is 8.72. The molecular weight excluding hydrogens is 314 g/mol. The molecule has 2 aromatic rings. The van der Waals surface area contributed by atoms with Crippen molar-refractivity contribution in [3.8, 4) is 5.75 Å². The summed E-state index contributed by atoms with van der Waals surface area (Å²) in [7, 11) is 0. The first-order valence-electron chi connectivity index (χ1n) is 9.75. The molecular formula is C21H31NO3. The highest BCUT2D eigenvalue weighted by atomic mass is 16.5. The first-order valence-corrected chi connectivity index (χ1v) is 9.75. The third-order valence-corrected chi connectivity index (χ3v) is 5.31. The first kappa shape index (κ1) is 18.3.